The maximum Gasteiger partial charge on any atom is 0.252 e. The lowest BCUT2D eigenvalue weighted by atomic mass is 10.0. The minimum atomic E-state index is -0.104. The average Bonchev–Trinajstić information content (AvgIpc) is 2.88. The molecule has 0 bridgehead atoms. The fraction of sp³-hybridized carbons (Fsp3) is 0.188. The molecule has 0 amide bonds. The number of hydrazone groups is 1. The van der Waals surface area contributed by atoms with Gasteiger partial charge in [-0.25, -0.2) is 10.4 Å². The van der Waals surface area contributed by atoms with Crippen molar-refractivity contribution in [3.8, 4) is 11.8 Å². The van der Waals surface area contributed by atoms with E-state index >= 15 is 0 Å². The van der Waals surface area contributed by atoms with Crippen LogP contribution in [0.5, 0.6) is 5.75 Å². The van der Waals surface area contributed by atoms with Crippen LogP contribution < -0.4 is 10.2 Å². The molecule has 0 fully saturated rings. The van der Waals surface area contributed by atoms with E-state index in [1.54, 1.807) is 13.1 Å². The molecule has 3 rings (SSSR count). The van der Waals surface area contributed by atoms with Crippen LogP contribution in [0.2, 0.25) is 0 Å². The first-order valence-corrected chi connectivity index (χ1v) is 6.81. The van der Waals surface area contributed by atoms with E-state index in [1.165, 1.54) is 0 Å². The number of aryl methyl sites for hydroxylation is 1. The number of oxazole rings is 1. The number of rotatable bonds is 3. The lowest BCUT2D eigenvalue weighted by Gasteiger charge is -2.22. The van der Waals surface area contributed by atoms with Crippen LogP contribution in [0.15, 0.2) is 39.4 Å². The molecule has 1 aromatic heterocycles. The Morgan fingerprint density at radius 3 is 3.05 bits per heavy atom. The molecule has 0 aliphatic carbocycles. The Morgan fingerprint density at radius 2 is 2.23 bits per heavy atom. The van der Waals surface area contributed by atoms with Crippen molar-refractivity contribution in [3.05, 3.63) is 47.0 Å². The molecule has 6 heteroatoms. The summed E-state index contributed by atoms with van der Waals surface area (Å²) in [6.07, 6.45) is 3.57. The van der Waals surface area contributed by atoms with Gasteiger partial charge in [-0.1, -0.05) is 18.2 Å². The van der Waals surface area contributed by atoms with Crippen LogP contribution in [0.4, 0.5) is 5.88 Å². The van der Waals surface area contributed by atoms with E-state index in [9.17, 15) is 0 Å². The van der Waals surface area contributed by atoms with Crippen LogP contribution in [0, 0.1) is 18.3 Å². The lowest BCUT2D eigenvalue weighted by molar-refractivity contribution is 0.260. The largest absolute Gasteiger partial charge is 0.485 e. The van der Waals surface area contributed by atoms with Gasteiger partial charge in [0, 0.05) is 18.1 Å². The molecular weight excluding hydrogens is 280 g/mol. The maximum atomic E-state index is 8.94. The van der Waals surface area contributed by atoms with Crippen molar-refractivity contribution in [1.29, 1.82) is 5.26 Å². The third-order valence-electron chi connectivity index (χ3n) is 3.23. The predicted molar refractivity (Wildman–Crippen MR) is 82.6 cm³/mol. The number of ether oxygens (including phenoxy) is 1. The van der Waals surface area contributed by atoms with Gasteiger partial charge in [0.2, 0.25) is 5.69 Å². The summed E-state index contributed by atoms with van der Waals surface area (Å²) in [5, 5.41) is 13.0. The molecule has 22 heavy (non-hydrogen) atoms. The minimum absolute atomic E-state index is 0.104. The molecule has 1 atom stereocenters. The van der Waals surface area contributed by atoms with Crippen molar-refractivity contribution in [2.45, 2.75) is 20.0 Å². The zero-order valence-electron chi connectivity index (χ0n) is 12.2. The van der Waals surface area contributed by atoms with Crippen LogP contribution >= 0.6 is 0 Å². The summed E-state index contributed by atoms with van der Waals surface area (Å²) >= 11 is 0. The molecule has 2 aromatic rings. The summed E-state index contributed by atoms with van der Waals surface area (Å²) in [5.74, 6) is 1.51. The van der Waals surface area contributed by atoms with Crippen LogP contribution in [-0.2, 0) is 0 Å². The Kier molecular flexibility index (Phi) is 3.62. The molecule has 1 aliphatic heterocycles. The van der Waals surface area contributed by atoms with Gasteiger partial charge < -0.3 is 9.15 Å². The van der Waals surface area contributed by atoms with Crippen molar-refractivity contribution < 1.29 is 9.15 Å². The Hall–Kier alpha value is -3.07. The fourth-order valence-electron chi connectivity index (χ4n) is 2.15. The third kappa shape index (κ3) is 2.69. The Bertz CT molecular complexity index is 799. The molecule has 0 saturated heterocycles. The number of anilines is 1. The van der Waals surface area contributed by atoms with E-state index in [0.717, 1.165) is 16.9 Å². The van der Waals surface area contributed by atoms with Crippen molar-refractivity contribution in [2.24, 2.45) is 5.10 Å². The highest BCUT2D eigenvalue weighted by Gasteiger charge is 2.17. The number of hydrogen-bond donors (Lipinski definition) is 1. The van der Waals surface area contributed by atoms with Crippen molar-refractivity contribution in [3.63, 3.8) is 0 Å². The van der Waals surface area contributed by atoms with Crippen molar-refractivity contribution in [2.75, 3.05) is 5.43 Å². The first kappa shape index (κ1) is 13.9. The second-order valence-electron chi connectivity index (χ2n) is 4.83. The van der Waals surface area contributed by atoms with E-state index < -0.39 is 0 Å². The molecule has 2 heterocycles. The van der Waals surface area contributed by atoms with Gasteiger partial charge >= 0.3 is 0 Å². The highest BCUT2D eigenvalue weighted by molar-refractivity contribution is 5.89. The molecule has 0 spiro atoms. The molecule has 1 aromatic carbocycles. The second-order valence-corrected chi connectivity index (χ2v) is 4.83. The minimum Gasteiger partial charge on any atom is -0.485 e. The monoisotopic (exact) mass is 294 g/mol. The highest BCUT2D eigenvalue weighted by Crippen LogP contribution is 2.28. The summed E-state index contributed by atoms with van der Waals surface area (Å²) < 4.78 is 11.1. The van der Waals surface area contributed by atoms with Gasteiger partial charge in [-0.15, -0.1) is 0 Å². The molecule has 6 nitrogen and oxygen atoms in total. The van der Waals surface area contributed by atoms with E-state index in [4.69, 9.17) is 14.4 Å². The molecule has 1 aliphatic rings. The van der Waals surface area contributed by atoms with Gasteiger partial charge in [-0.2, -0.15) is 10.4 Å². The standard InChI is InChI=1S/C16H14N4O2/c1-10-13(7-12-5-3-4-6-15(12)21-10)9-18-20-16-14(8-17)19-11(2)22-16/h3-7,9-10,20H,1-2H3. The topological polar surface area (TPSA) is 83.4 Å². The molecule has 1 unspecified atom stereocenters. The van der Waals surface area contributed by atoms with Gasteiger partial charge in [-0.05, 0) is 19.1 Å². The molecule has 0 radical (unpaired) electrons. The number of fused-ring (bicyclic) bond motifs is 1. The van der Waals surface area contributed by atoms with E-state index in [2.05, 4.69) is 15.5 Å². The number of aromatic nitrogens is 1. The van der Waals surface area contributed by atoms with Gasteiger partial charge in [0.05, 0.1) is 6.21 Å². The summed E-state index contributed by atoms with van der Waals surface area (Å²) in [4.78, 5) is 3.94. The summed E-state index contributed by atoms with van der Waals surface area (Å²) in [7, 11) is 0. The summed E-state index contributed by atoms with van der Waals surface area (Å²) in [5.41, 5.74) is 4.81. The number of nitrogens with zero attached hydrogens (tertiary/aromatic N) is 3. The Labute approximate surface area is 127 Å². The molecule has 110 valence electrons. The SMILES string of the molecule is Cc1nc(C#N)c(NN=CC2=Cc3ccccc3OC2C)o1. The Balaban J connectivity index is 1.78. The van der Waals surface area contributed by atoms with Gasteiger partial charge in [0.1, 0.15) is 17.9 Å². The molecule has 0 saturated carbocycles. The van der Waals surface area contributed by atoms with Gasteiger partial charge in [0.15, 0.2) is 5.89 Å². The zero-order chi connectivity index (χ0) is 15.5. The van der Waals surface area contributed by atoms with Crippen molar-refractivity contribution in [1.82, 2.24) is 4.98 Å². The summed E-state index contributed by atoms with van der Waals surface area (Å²) in [6.45, 7) is 3.62. The third-order valence-corrected chi connectivity index (χ3v) is 3.23. The average molecular weight is 294 g/mol. The number of nitrogens with one attached hydrogen (secondary N) is 1. The summed E-state index contributed by atoms with van der Waals surface area (Å²) in [6, 6.07) is 9.76. The van der Waals surface area contributed by atoms with Crippen molar-refractivity contribution >= 4 is 18.2 Å². The first-order chi connectivity index (χ1) is 10.7. The van der Waals surface area contributed by atoms with E-state index in [-0.39, 0.29) is 17.7 Å². The maximum absolute atomic E-state index is 8.94. The van der Waals surface area contributed by atoms with Gasteiger partial charge in [0.25, 0.3) is 5.88 Å². The van der Waals surface area contributed by atoms with Crippen LogP contribution in [-0.4, -0.2) is 17.3 Å². The quantitative estimate of drug-likeness (QED) is 0.694. The van der Waals surface area contributed by atoms with Crippen LogP contribution in [0.1, 0.15) is 24.1 Å². The first-order valence-electron chi connectivity index (χ1n) is 6.81. The zero-order valence-corrected chi connectivity index (χ0v) is 12.2. The normalized spacial score (nSPS) is 16.6. The smallest absolute Gasteiger partial charge is 0.252 e. The number of benzene rings is 1. The Morgan fingerprint density at radius 1 is 1.41 bits per heavy atom. The number of para-hydroxylation sites is 1. The van der Waals surface area contributed by atoms with E-state index in [0.29, 0.717) is 5.89 Å². The highest BCUT2D eigenvalue weighted by atomic mass is 16.5. The predicted octanol–water partition coefficient (Wildman–Crippen LogP) is 3.12. The second kappa shape index (κ2) is 5.74. The van der Waals surface area contributed by atoms with Crippen LogP contribution in [0.3, 0.4) is 0 Å². The lowest BCUT2D eigenvalue weighted by Crippen LogP contribution is -2.19. The van der Waals surface area contributed by atoms with E-state index in [1.807, 2.05) is 43.3 Å². The fourth-order valence-corrected chi connectivity index (χ4v) is 2.15. The number of nitriles is 1. The molecular formula is C16H14N4O2. The van der Waals surface area contributed by atoms with Crippen LogP contribution in [0.25, 0.3) is 6.08 Å². The number of hydrogen-bond acceptors (Lipinski definition) is 6. The van der Waals surface area contributed by atoms with Gasteiger partial charge in [-0.3, -0.25) is 0 Å². The molecule has 1 N–H and O–H groups in total.